The molecule has 0 saturated carbocycles. The van der Waals surface area contributed by atoms with Gasteiger partial charge in [-0.3, -0.25) is 9.59 Å². The number of para-hydroxylation sites is 1. The van der Waals surface area contributed by atoms with E-state index in [4.69, 9.17) is 14.2 Å². The largest absolute Gasteiger partial charge is 0.493 e. The second kappa shape index (κ2) is 10.1. The minimum absolute atomic E-state index is 0.132. The third kappa shape index (κ3) is 5.64. The SMILES string of the molecule is CCOc1ccccc1C(=O)NCC(=O)NCc1ccc(OC)c(OC)c1. The third-order valence-electron chi connectivity index (χ3n) is 3.78. The van der Waals surface area contributed by atoms with Gasteiger partial charge in [-0.15, -0.1) is 0 Å². The third-order valence-corrected chi connectivity index (χ3v) is 3.78. The van der Waals surface area contributed by atoms with Crippen LogP contribution in [0.4, 0.5) is 0 Å². The van der Waals surface area contributed by atoms with Crippen LogP contribution in [0.5, 0.6) is 17.2 Å². The summed E-state index contributed by atoms with van der Waals surface area (Å²) in [7, 11) is 3.11. The zero-order valence-corrected chi connectivity index (χ0v) is 15.7. The molecule has 0 aliphatic rings. The Morgan fingerprint density at radius 2 is 1.67 bits per heavy atom. The number of methoxy groups -OCH3 is 2. The summed E-state index contributed by atoms with van der Waals surface area (Å²) in [6.07, 6.45) is 0. The maximum absolute atomic E-state index is 12.3. The van der Waals surface area contributed by atoms with Crippen LogP contribution in [0.2, 0.25) is 0 Å². The molecule has 7 heteroatoms. The van der Waals surface area contributed by atoms with Crippen LogP contribution >= 0.6 is 0 Å². The Balaban J connectivity index is 1.87. The number of benzene rings is 2. The summed E-state index contributed by atoms with van der Waals surface area (Å²) in [5, 5.41) is 5.35. The summed E-state index contributed by atoms with van der Waals surface area (Å²) in [5.41, 5.74) is 1.25. The number of carbonyl (C=O) groups is 2. The maximum Gasteiger partial charge on any atom is 0.255 e. The number of rotatable bonds is 9. The van der Waals surface area contributed by atoms with Gasteiger partial charge in [-0.25, -0.2) is 0 Å². The second-order valence-electron chi connectivity index (χ2n) is 5.58. The molecule has 0 spiro atoms. The molecule has 0 bridgehead atoms. The molecule has 0 heterocycles. The van der Waals surface area contributed by atoms with Crippen molar-refractivity contribution in [2.24, 2.45) is 0 Å². The topological polar surface area (TPSA) is 85.9 Å². The molecule has 0 saturated heterocycles. The highest BCUT2D eigenvalue weighted by molar-refractivity contribution is 5.98. The lowest BCUT2D eigenvalue weighted by atomic mass is 10.2. The van der Waals surface area contributed by atoms with Gasteiger partial charge in [-0.05, 0) is 36.8 Å². The van der Waals surface area contributed by atoms with Crippen molar-refractivity contribution >= 4 is 11.8 Å². The van der Waals surface area contributed by atoms with E-state index in [1.807, 2.05) is 13.0 Å². The van der Waals surface area contributed by atoms with Crippen molar-refractivity contribution in [2.45, 2.75) is 13.5 Å². The molecule has 144 valence electrons. The van der Waals surface area contributed by atoms with Crippen LogP contribution in [-0.2, 0) is 11.3 Å². The Labute approximate surface area is 158 Å². The first-order chi connectivity index (χ1) is 13.1. The first kappa shape index (κ1) is 20.1. The maximum atomic E-state index is 12.3. The van der Waals surface area contributed by atoms with Crippen LogP contribution in [0.1, 0.15) is 22.8 Å². The fraction of sp³-hybridized carbons (Fsp3) is 0.300. The molecule has 0 unspecified atom stereocenters. The van der Waals surface area contributed by atoms with Gasteiger partial charge in [-0.2, -0.15) is 0 Å². The Morgan fingerprint density at radius 1 is 0.926 bits per heavy atom. The van der Waals surface area contributed by atoms with Gasteiger partial charge in [0.1, 0.15) is 5.75 Å². The highest BCUT2D eigenvalue weighted by Crippen LogP contribution is 2.27. The summed E-state index contributed by atoms with van der Waals surface area (Å²) in [6, 6.07) is 12.3. The molecular weight excluding hydrogens is 348 g/mol. The van der Waals surface area contributed by atoms with E-state index >= 15 is 0 Å². The van der Waals surface area contributed by atoms with Gasteiger partial charge < -0.3 is 24.8 Å². The van der Waals surface area contributed by atoms with Gasteiger partial charge in [0.15, 0.2) is 11.5 Å². The Hall–Kier alpha value is -3.22. The van der Waals surface area contributed by atoms with E-state index in [-0.39, 0.29) is 18.4 Å². The number of ether oxygens (including phenoxy) is 3. The zero-order valence-electron chi connectivity index (χ0n) is 15.7. The molecule has 2 rings (SSSR count). The highest BCUT2D eigenvalue weighted by Gasteiger charge is 2.13. The molecule has 0 aromatic heterocycles. The minimum atomic E-state index is -0.361. The molecule has 2 amide bonds. The van der Waals surface area contributed by atoms with Crippen LogP contribution in [0, 0.1) is 0 Å². The Bertz CT molecular complexity index is 792. The number of hydrogen-bond donors (Lipinski definition) is 2. The second-order valence-corrected chi connectivity index (χ2v) is 5.58. The molecule has 2 aromatic carbocycles. The highest BCUT2D eigenvalue weighted by atomic mass is 16.5. The van der Waals surface area contributed by atoms with Crippen LogP contribution in [-0.4, -0.2) is 39.2 Å². The van der Waals surface area contributed by atoms with Crippen molar-refractivity contribution in [1.29, 1.82) is 0 Å². The number of hydrogen-bond acceptors (Lipinski definition) is 5. The quantitative estimate of drug-likeness (QED) is 0.704. The monoisotopic (exact) mass is 372 g/mol. The average molecular weight is 372 g/mol. The molecule has 0 radical (unpaired) electrons. The van der Waals surface area contributed by atoms with Crippen molar-refractivity contribution in [1.82, 2.24) is 10.6 Å². The molecule has 0 aliphatic heterocycles. The summed E-state index contributed by atoms with van der Waals surface area (Å²) in [5.74, 6) is 1.04. The smallest absolute Gasteiger partial charge is 0.255 e. The lowest BCUT2D eigenvalue weighted by Gasteiger charge is -2.12. The van der Waals surface area contributed by atoms with E-state index in [2.05, 4.69) is 10.6 Å². The summed E-state index contributed by atoms with van der Waals surface area (Å²) in [4.78, 5) is 24.3. The van der Waals surface area contributed by atoms with Gasteiger partial charge in [-0.1, -0.05) is 18.2 Å². The first-order valence-corrected chi connectivity index (χ1v) is 8.56. The van der Waals surface area contributed by atoms with Crippen LogP contribution < -0.4 is 24.8 Å². The van der Waals surface area contributed by atoms with Crippen molar-refractivity contribution in [3.05, 3.63) is 53.6 Å². The summed E-state index contributed by atoms with van der Waals surface area (Å²) in [6.45, 7) is 2.48. The summed E-state index contributed by atoms with van der Waals surface area (Å²) < 4.78 is 15.8. The van der Waals surface area contributed by atoms with Crippen LogP contribution in [0.3, 0.4) is 0 Å². The normalized spacial score (nSPS) is 10.0. The van der Waals surface area contributed by atoms with Gasteiger partial charge >= 0.3 is 0 Å². The molecule has 7 nitrogen and oxygen atoms in total. The lowest BCUT2D eigenvalue weighted by molar-refractivity contribution is -0.120. The van der Waals surface area contributed by atoms with Crippen molar-refractivity contribution in [3.8, 4) is 17.2 Å². The van der Waals surface area contributed by atoms with Crippen LogP contribution in [0.15, 0.2) is 42.5 Å². The number of amides is 2. The Morgan fingerprint density at radius 3 is 2.37 bits per heavy atom. The molecule has 0 fully saturated rings. The fourth-order valence-electron chi connectivity index (χ4n) is 2.45. The van der Waals surface area contributed by atoms with Crippen molar-refractivity contribution in [2.75, 3.05) is 27.4 Å². The van der Waals surface area contributed by atoms with Gasteiger partial charge in [0.2, 0.25) is 5.91 Å². The van der Waals surface area contributed by atoms with Gasteiger partial charge in [0.05, 0.1) is 32.9 Å². The minimum Gasteiger partial charge on any atom is -0.493 e. The number of carbonyl (C=O) groups excluding carboxylic acids is 2. The van der Waals surface area contributed by atoms with Crippen LogP contribution in [0.25, 0.3) is 0 Å². The predicted octanol–water partition coefficient (Wildman–Crippen LogP) is 2.15. The molecule has 2 aromatic rings. The van der Waals surface area contributed by atoms with E-state index in [1.165, 1.54) is 0 Å². The average Bonchev–Trinajstić information content (AvgIpc) is 2.70. The van der Waals surface area contributed by atoms with E-state index < -0.39 is 0 Å². The molecule has 2 N–H and O–H groups in total. The van der Waals surface area contributed by atoms with Gasteiger partial charge in [0, 0.05) is 6.54 Å². The Kier molecular flexibility index (Phi) is 7.49. The van der Waals surface area contributed by atoms with E-state index in [0.717, 1.165) is 5.56 Å². The fourth-order valence-corrected chi connectivity index (χ4v) is 2.45. The molecule has 27 heavy (non-hydrogen) atoms. The van der Waals surface area contributed by atoms with Crippen molar-refractivity contribution in [3.63, 3.8) is 0 Å². The lowest BCUT2D eigenvalue weighted by Crippen LogP contribution is -2.36. The molecule has 0 atom stereocenters. The van der Waals surface area contributed by atoms with Crippen molar-refractivity contribution < 1.29 is 23.8 Å². The van der Waals surface area contributed by atoms with E-state index in [0.29, 0.717) is 36.0 Å². The number of nitrogens with one attached hydrogen (secondary N) is 2. The zero-order chi connectivity index (χ0) is 19.6. The summed E-state index contributed by atoms with van der Waals surface area (Å²) >= 11 is 0. The molecule has 0 aliphatic carbocycles. The first-order valence-electron chi connectivity index (χ1n) is 8.56. The standard InChI is InChI=1S/C20H24N2O5/c1-4-27-16-8-6-5-7-15(16)20(24)22-13-19(23)21-12-14-9-10-17(25-2)18(11-14)26-3/h5-11H,4,12-13H2,1-3H3,(H,21,23)(H,22,24). The van der Waals surface area contributed by atoms with E-state index in [9.17, 15) is 9.59 Å². The van der Waals surface area contributed by atoms with Gasteiger partial charge in [0.25, 0.3) is 5.91 Å². The van der Waals surface area contributed by atoms with E-state index in [1.54, 1.807) is 50.6 Å². The predicted molar refractivity (Wildman–Crippen MR) is 101 cm³/mol. The molecular formula is C20H24N2O5.